The Bertz CT molecular complexity index is 2000. The van der Waals surface area contributed by atoms with Gasteiger partial charge in [-0.2, -0.15) is 5.10 Å². The maximum Gasteiger partial charge on any atom is 0.320 e. The highest BCUT2D eigenvalue weighted by atomic mass is 32.2. The monoisotopic (exact) mass is 617 g/mol. The molecule has 9 nitrogen and oxygen atoms in total. The van der Waals surface area contributed by atoms with Crippen molar-refractivity contribution in [2.45, 2.75) is 56.4 Å². The molecule has 228 valence electrons. The fourth-order valence-corrected chi connectivity index (χ4v) is 6.06. The lowest BCUT2D eigenvalue weighted by molar-refractivity contribution is 0.251. The standard InChI is InChI=1S/C35H35N7O2S/c1-22-16-23(2)18-25(17-22)42-32(19-30(40-42)35(3,4)5)37-34(44)36-20-24-10-6-9-13-29(24)45-26-14-15-31-38-39-33(41(31)21-26)27-11-7-8-12-28(27)43/h6-19,21,43H,20H2,1-5H3,(H2,36,37,44). The Hall–Kier alpha value is -5.09. The second kappa shape index (κ2) is 12.1. The van der Waals surface area contributed by atoms with Gasteiger partial charge in [-0.1, -0.05) is 68.9 Å². The minimum atomic E-state index is -0.320. The highest BCUT2D eigenvalue weighted by molar-refractivity contribution is 7.99. The number of carbonyl (C=O) groups excluding carboxylic acids is 1. The molecule has 0 aliphatic carbocycles. The molecule has 6 rings (SSSR count). The van der Waals surface area contributed by atoms with E-state index in [1.54, 1.807) is 28.6 Å². The quantitative estimate of drug-likeness (QED) is 0.170. The van der Waals surface area contributed by atoms with Gasteiger partial charge in [-0.25, -0.2) is 9.48 Å². The fraction of sp³-hybridized carbons (Fsp3) is 0.200. The minimum absolute atomic E-state index is 0.145. The summed E-state index contributed by atoms with van der Waals surface area (Å²) < 4.78 is 3.67. The van der Waals surface area contributed by atoms with Crippen molar-refractivity contribution in [2.24, 2.45) is 0 Å². The summed E-state index contributed by atoms with van der Waals surface area (Å²) in [6.07, 6.45) is 1.96. The van der Waals surface area contributed by atoms with Crippen molar-refractivity contribution in [3.05, 3.63) is 114 Å². The number of urea groups is 1. The SMILES string of the molecule is Cc1cc(C)cc(-n2nc(C(C)(C)C)cc2NC(=O)NCc2ccccc2Sc2ccc3nnc(-c4ccccc4O)n3c2)c1. The number of para-hydroxylation sites is 1. The number of rotatable bonds is 7. The molecule has 3 aromatic carbocycles. The number of fused-ring (bicyclic) bond motifs is 1. The zero-order valence-electron chi connectivity index (χ0n) is 25.9. The smallest absolute Gasteiger partial charge is 0.320 e. The van der Waals surface area contributed by atoms with Gasteiger partial charge in [0, 0.05) is 34.0 Å². The van der Waals surface area contributed by atoms with E-state index < -0.39 is 0 Å². The molecule has 0 aliphatic rings. The van der Waals surface area contributed by atoms with Crippen LogP contribution < -0.4 is 10.6 Å². The highest BCUT2D eigenvalue weighted by Crippen LogP contribution is 2.33. The van der Waals surface area contributed by atoms with Crippen LogP contribution in [0.5, 0.6) is 5.75 Å². The fourth-order valence-electron chi connectivity index (χ4n) is 5.10. The molecule has 3 aromatic heterocycles. The summed E-state index contributed by atoms with van der Waals surface area (Å²) in [5.41, 5.74) is 6.10. The van der Waals surface area contributed by atoms with Crippen molar-refractivity contribution in [1.29, 1.82) is 0 Å². The number of phenolic OH excluding ortho intramolecular Hbond substituents is 1. The Kier molecular flexibility index (Phi) is 8.07. The molecular weight excluding hydrogens is 582 g/mol. The molecule has 0 atom stereocenters. The molecular formula is C35H35N7O2S. The van der Waals surface area contributed by atoms with E-state index in [4.69, 9.17) is 5.10 Å². The number of benzene rings is 3. The molecule has 0 spiro atoms. The predicted octanol–water partition coefficient (Wildman–Crippen LogP) is 7.67. The molecule has 0 aliphatic heterocycles. The van der Waals surface area contributed by atoms with Crippen molar-refractivity contribution in [2.75, 3.05) is 5.32 Å². The van der Waals surface area contributed by atoms with Crippen molar-refractivity contribution >= 4 is 29.3 Å². The van der Waals surface area contributed by atoms with Crippen molar-refractivity contribution in [3.8, 4) is 22.8 Å². The first-order valence-electron chi connectivity index (χ1n) is 14.7. The van der Waals surface area contributed by atoms with Crippen LogP contribution in [0.1, 0.15) is 43.2 Å². The van der Waals surface area contributed by atoms with Gasteiger partial charge in [0.05, 0.1) is 16.9 Å². The van der Waals surface area contributed by atoms with Gasteiger partial charge < -0.3 is 10.4 Å². The summed E-state index contributed by atoms with van der Waals surface area (Å²) in [5.74, 6) is 1.31. The van der Waals surface area contributed by atoms with E-state index in [9.17, 15) is 9.90 Å². The molecule has 0 unspecified atom stereocenters. The first-order valence-corrected chi connectivity index (χ1v) is 15.5. The molecule has 3 N–H and O–H groups in total. The Morgan fingerprint density at radius 1 is 0.911 bits per heavy atom. The van der Waals surface area contributed by atoms with E-state index in [1.807, 2.05) is 65.2 Å². The van der Waals surface area contributed by atoms with Gasteiger partial charge in [0.15, 0.2) is 11.5 Å². The zero-order valence-corrected chi connectivity index (χ0v) is 26.7. The van der Waals surface area contributed by atoms with Crippen LogP contribution in [0.15, 0.2) is 101 Å². The molecule has 0 fully saturated rings. The van der Waals surface area contributed by atoms with Crippen LogP contribution in [0.4, 0.5) is 10.6 Å². The third kappa shape index (κ3) is 6.56. The van der Waals surface area contributed by atoms with Crippen LogP contribution in [0, 0.1) is 13.8 Å². The topological polar surface area (TPSA) is 109 Å². The third-order valence-electron chi connectivity index (χ3n) is 7.33. The number of anilines is 1. The van der Waals surface area contributed by atoms with Crippen LogP contribution in [0.25, 0.3) is 22.7 Å². The zero-order chi connectivity index (χ0) is 31.7. The number of carbonyl (C=O) groups is 1. The van der Waals surface area contributed by atoms with E-state index in [-0.39, 0.29) is 17.2 Å². The number of amides is 2. The largest absolute Gasteiger partial charge is 0.507 e. The molecule has 0 bridgehead atoms. The van der Waals surface area contributed by atoms with Crippen LogP contribution >= 0.6 is 11.8 Å². The van der Waals surface area contributed by atoms with Crippen molar-refractivity contribution in [1.82, 2.24) is 29.7 Å². The molecule has 0 saturated heterocycles. The Balaban J connectivity index is 1.20. The summed E-state index contributed by atoms with van der Waals surface area (Å²) in [6.45, 7) is 10.7. The average molecular weight is 618 g/mol. The van der Waals surface area contributed by atoms with Crippen LogP contribution in [0.2, 0.25) is 0 Å². The maximum atomic E-state index is 13.2. The first-order chi connectivity index (χ1) is 21.5. The number of pyridine rings is 1. The van der Waals surface area contributed by atoms with Crippen LogP contribution in [-0.2, 0) is 12.0 Å². The van der Waals surface area contributed by atoms with E-state index in [0.29, 0.717) is 29.4 Å². The van der Waals surface area contributed by atoms with Crippen LogP contribution in [-0.4, -0.2) is 35.5 Å². The second-order valence-electron chi connectivity index (χ2n) is 12.1. The lowest BCUT2D eigenvalue weighted by Crippen LogP contribution is -2.29. The van der Waals surface area contributed by atoms with Crippen molar-refractivity contribution in [3.63, 3.8) is 0 Å². The number of hydrogen-bond acceptors (Lipinski definition) is 6. The number of phenols is 1. The highest BCUT2D eigenvalue weighted by Gasteiger charge is 2.22. The maximum absolute atomic E-state index is 13.2. The van der Waals surface area contributed by atoms with Gasteiger partial charge in [-0.3, -0.25) is 9.72 Å². The molecule has 0 saturated carbocycles. The van der Waals surface area contributed by atoms with E-state index >= 15 is 0 Å². The summed E-state index contributed by atoms with van der Waals surface area (Å²) in [4.78, 5) is 15.2. The average Bonchev–Trinajstić information content (AvgIpc) is 3.61. The lowest BCUT2D eigenvalue weighted by Gasteiger charge is -2.14. The first kappa shape index (κ1) is 30.0. The number of hydrogen-bond donors (Lipinski definition) is 3. The van der Waals surface area contributed by atoms with Crippen LogP contribution in [0.3, 0.4) is 0 Å². The predicted molar refractivity (Wildman–Crippen MR) is 178 cm³/mol. The van der Waals surface area contributed by atoms with Gasteiger partial charge >= 0.3 is 6.03 Å². The molecule has 10 heteroatoms. The molecule has 45 heavy (non-hydrogen) atoms. The number of nitrogens with one attached hydrogen (secondary N) is 2. The summed E-state index contributed by atoms with van der Waals surface area (Å²) >= 11 is 1.58. The Morgan fingerprint density at radius 3 is 2.40 bits per heavy atom. The number of aryl methyl sites for hydroxylation is 2. The minimum Gasteiger partial charge on any atom is -0.507 e. The molecule has 6 aromatic rings. The molecule has 0 radical (unpaired) electrons. The Morgan fingerprint density at radius 2 is 1.64 bits per heavy atom. The summed E-state index contributed by atoms with van der Waals surface area (Å²) in [5, 5.41) is 29.9. The summed E-state index contributed by atoms with van der Waals surface area (Å²) in [7, 11) is 0. The Labute approximate surface area is 266 Å². The van der Waals surface area contributed by atoms with E-state index in [0.717, 1.165) is 37.9 Å². The number of aromatic hydroxyl groups is 1. The molecule has 3 heterocycles. The van der Waals surface area contributed by atoms with E-state index in [2.05, 4.69) is 73.6 Å². The lowest BCUT2D eigenvalue weighted by atomic mass is 9.92. The number of aromatic nitrogens is 5. The van der Waals surface area contributed by atoms with E-state index in [1.165, 1.54) is 0 Å². The van der Waals surface area contributed by atoms with Gasteiger partial charge in [-0.05, 0) is 73.0 Å². The number of nitrogens with zero attached hydrogens (tertiary/aromatic N) is 5. The molecule has 2 amide bonds. The van der Waals surface area contributed by atoms with Gasteiger partial charge in [0.1, 0.15) is 11.6 Å². The summed E-state index contributed by atoms with van der Waals surface area (Å²) in [6, 6.07) is 26.8. The second-order valence-corrected chi connectivity index (χ2v) is 13.2. The van der Waals surface area contributed by atoms with Gasteiger partial charge in [0.2, 0.25) is 0 Å². The van der Waals surface area contributed by atoms with Crippen molar-refractivity contribution < 1.29 is 9.90 Å². The van der Waals surface area contributed by atoms with Gasteiger partial charge in [-0.15, -0.1) is 10.2 Å². The normalized spacial score (nSPS) is 11.6. The third-order valence-corrected chi connectivity index (χ3v) is 8.43. The van der Waals surface area contributed by atoms with Gasteiger partial charge in [0.25, 0.3) is 0 Å².